The summed E-state index contributed by atoms with van der Waals surface area (Å²) in [6.45, 7) is 5.01. The summed E-state index contributed by atoms with van der Waals surface area (Å²) in [7, 11) is 0. The minimum Gasteiger partial charge on any atom is -0.478 e. The van der Waals surface area contributed by atoms with Crippen molar-refractivity contribution in [2.75, 3.05) is 26.3 Å². The lowest BCUT2D eigenvalue weighted by Crippen LogP contribution is -2.41. The van der Waals surface area contributed by atoms with Gasteiger partial charge in [-0.15, -0.1) is 0 Å². The van der Waals surface area contributed by atoms with Gasteiger partial charge in [0.25, 0.3) is 0 Å². The van der Waals surface area contributed by atoms with Crippen LogP contribution in [0.5, 0.6) is 0 Å². The highest BCUT2D eigenvalue weighted by atomic mass is 16.5. The number of hydrogen-bond acceptors (Lipinski definition) is 7. The monoisotopic (exact) mass is 385 g/mol. The number of morpholine rings is 1. The van der Waals surface area contributed by atoms with Gasteiger partial charge in [0.2, 0.25) is 0 Å². The molecule has 11 heteroatoms. The van der Waals surface area contributed by atoms with Gasteiger partial charge in [0, 0.05) is 13.1 Å². The van der Waals surface area contributed by atoms with E-state index in [1.807, 2.05) is 4.90 Å². The van der Waals surface area contributed by atoms with Crippen LogP contribution in [0.15, 0.2) is 12.1 Å². The number of carboxylic acids is 4. The fraction of sp³-hybridized carbons (Fsp3) is 0.375. The molecule has 1 atom stereocenters. The van der Waals surface area contributed by atoms with Gasteiger partial charge >= 0.3 is 23.9 Å². The molecule has 0 bridgehead atoms. The third-order valence-corrected chi connectivity index (χ3v) is 3.65. The number of ether oxygens (including phenoxy) is 1. The molecule has 0 aromatic heterocycles. The quantitative estimate of drug-likeness (QED) is 0.464. The molecule has 2 rings (SSSR count). The van der Waals surface area contributed by atoms with E-state index in [9.17, 15) is 19.2 Å². The van der Waals surface area contributed by atoms with Crippen molar-refractivity contribution in [3.8, 4) is 0 Å². The Kier molecular flexibility index (Phi) is 7.84. The van der Waals surface area contributed by atoms with E-state index < -0.39 is 46.1 Å². The molecule has 0 saturated carbocycles. The molecule has 1 aliphatic rings. The lowest BCUT2D eigenvalue weighted by atomic mass is 9.98. The van der Waals surface area contributed by atoms with Crippen molar-refractivity contribution in [1.82, 2.24) is 4.90 Å². The number of rotatable bonds is 5. The van der Waals surface area contributed by atoms with Crippen LogP contribution in [0.25, 0.3) is 0 Å². The van der Waals surface area contributed by atoms with E-state index in [2.05, 4.69) is 0 Å². The first kappa shape index (κ1) is 22.0. The molecule has 27 heavy (non-hydrogen) atoms. The zero-order chi connectivity index (χ0) is 20.7. The molecule has 1 aromatic carbocycles. The van der Waals surface area contributed by atoms with Crippen LogP contribution in [0.1, 0.15) is 48.4 Å². The highest BCUT2D eigenvalue weighted by Gasteiger charge is 2.25. The number of hydrogen-bond donors (Lipinski definition) is 5. The first-order valence-electron chi connectivity index (χ1n) is 7.67. The number of aliphatic hydroxyl groups is 1. The molecule has 1 saturated heterocycles. The highest BCUT2D eigenvalue weighted by Crippen LogP contribution is 2.18. The standard InChI is InChI=1S/C10H6O8.C6H13NO2/c11-7(12)3-1-4(8(13)14)6(10(17)18)2-5(3)9(15)16;1-6(8)7-2-4-9-5-3-7/h1-2H,(H,11,12)(H,13,14)(H,15,16)(H,17,18);6,8H,2-5H2,1H3. The van der Waals surface area contributed by atoms with E-state index in [4.69, 9.17) is 30.3 Å². The molecule has 148 valence electrons. The Morgan fingerprint density at radius 3 is 1.30 bits per heavy atom. The molecule has 1 aromatic rings. The molecule has 1 aliphatic heterocycles. The lowest BCUT2D eigenvalue weighted by Gasteiger charge is -2.28. The Morgan fingerprint density at radius 2 is 1.11 bits per heavy atom. The van der Waals surface area contributed by atoms with E-state index in [0.717, 1.165) is 26.3 Å². The lowest BCUT2D eigenvalue weighted by molar-refractivity contribution is -0.0490. The van der Waals surface area contributed by atoms with Gasteiger partial charge in [-0.1, -0.05) is 0 Å². The molecule has 0 radical (unpaired) electrons. The van der Waals surface area contributed by atoms with Gasteiger partial charge in [-0.3, -0.25) is 4.90 Å². The number of nitrogens with zero attached hydrogens (tertiary/aromatic N) is 1. The molecular formula is C16H19NO10. The Bertz CT molecular complexity index is 639. The Morgan fingerprint density at radius 1 is 0.815 bits per heavy atom. The van der Waals surface area contributed by atoms with E-state index in [-0.39, 0.29) is 6.23 Å². The fourth-order valence-corrected chi connectivity index (χ4v) is 2.26. The summed E-state index contributed by atoms with van der Waals surface area (Å²) in [6.07, 6.45) is -0.311. The Balaban J connectivity index is 0.000000337. The Hall–Kier alpha value is -3.02. The summed E-state index contributed by atoms with van der Waals surface area (Å²) in [5.41, 5.74) is -3.15. The van der Waals surface area contributed by atoms with E-state index in [1.54, 1.807) is 6.92 Å². The number of benzene rings is 1. The molecular weight excluding hydrogens is 366 g/mol. The van der Waals surface area contributed by atoms with Gasteiger partial charge in [0.05, 0.1) is 35.5 Å². The highest BCUT2D eigenvalue weighted by molar-refractivity contribution is 6.09. The van der Waals surface area contributed by atoms with Gasteiger partial charge in [0.15, 0.2) is 0 Å². The van der Waals surface area contributed by atoms with Gasteiger partial charge in [0.1, 0.15) is 6.23 Å². The average molecular weight is 385 g/mol. The van der Waals surface area contributed by atoms with Gasteiger partial charge in [-0.25, -0.2) is 19.2 Å². The number of carbonyl (C=O) groups is 4. The van der Waals surface area contributed by atoms with E-state index >= 15 is 0 Å². The Labute approximate surface area is 153 Å². The molecule has 0 amide bonds. The molecule has 1 unspecified atom stereocenters. The second kappa shape index (κ2) is 9.62. The SMILES string of the molecule is CC(O)N1CCOCC1.O=C(O)c1cc(C(=O)O)c(C(=O)O)cc1C(=O)O. The minimum atomic E-state index is -1.66. The maximum absolute atomic E-state index is 10.8. The zero-order valence-electron chi connectivity index (χ0n) is 14.3. The molecule has 1 fully saturated rings. The zero-order valence-corrected chi connectivity index (χ0v) is 14.3. The molecule has 1 heterocycles. The van der Waals surface area contributed by atoms with Gasteiger partial charge < -0.3 is 30.3 Å². The van der Waals surface area contributed by atoms with Crippen molar-refractivity contribution in [1.29, 1.82) is 0 Å². The van der Waals surface area contributed by atoms with E-state index in [0.29, 0.717) is 12.1 Å². The van der Waals surface area contributed by atoms with Crippen molar-refractivity contribution in [2.24, 2.45) is 0 Å². The van der Waals surface area contributed by atoms with Crippen LogP contribution in [0, 0.1) is 0 Å². The average Bonchev–Trinajstić information content (AvgIpc) is 2.61. The normalized spacial score (nSPS) is 15.2. The molecule has 5 N–H and O–H groups in total. The predicted octanol–water partition coefficient (Wildman–Crippen LogP) is 0.136. The topological polar surface area (TPSA) is 182 Å². The third kappa shape index (κ3) is 6.02. The summed E-state index contributed by atoms with van der Waals surface area (Å²) < 4.78 is 5.10. The maximum Gasteiger partial charge on any atom is 0.336 e. The van der Waals surface area contributed by atoms with E-state index in [1.165, 1.54) is 0 Å². The van der Waals surface area contributed by atoms with Crippen molar-refractivity contribution in [3.05, 3.63) is 34.4 Å². The van der Waals surface area contributed by atoms with Crippen LogP contribution >= 0.6 is 0 Å². The first-order valence-corrected chi connectivity index (χ1v) is 7.67. The van der Waals surface area contributed by atoms with Crippen molar-refractivity contribution in [3.63, 3.8) is 0 Å². The van der Waals surface area contributed by atoms with Crippen molar-refractivity contribution >= 4 is 23.9 Å². The predicted molar refractivity (Wildman–Crippen MR) is 88.4 cm³/mol. The van der Waals surface area contributed by atoms with Crippen LogP contribution < -0.4 is 0 Å². The molecule has 11 nitrogen and oxygen atoms in total. The maximum atomic E-state index is 10.8. The van der Waals surface area contributed by atoms with Gasteiger partial charge in [-0.2, -0.15) is 0 Å². The smallest absolute Gasteiger partial charge is 0.336 e. The summed E-state index contributed by atoms with van der Waals surface area (Å²) >= 11 is 0. The third-order valence-electron chi connectivity index (χ3n) is 3.65. The molecule has 0 aliphatic carbocycles. The van der Waals surface area contributed by atoms with Crippen LogP contribution in [0.2, 0.25) is 0 Å². The van der Waals surface area contributed by atoms with Gasteiger partial charge in [-0.05, 0) is 19.1 Å². The summed E-state index contributed by atoms with van der Waals surface area (Å²) in [4.78, 5) is 45.1. The second-order valence-electron chi connectivity index (χ2n) is 5.44. The molecule has 0 spiro atoms. The number of aromatic carboxylic acids is 4. The summed E-state index contributed by atoms with van der Waals surface area (Å²) in [5.74, 6) is -6.64. The summed E-state index contributed by atoms with van der Waals surface area (Å²) in [5, 5.41) is 44.0. The fourth-order valence-electron chi connectivity index (χ4n) is 2.26. The van der Waals surface area contributed by atoms with Crippen LogP contribution in [0.4, 0.5) is 0 Å². The second-order valence-corrected chi connectivity index (χ2v) is 5.44. The number of aliphatic hydroxyl groups excluding tert-OH is 1. The van der Waals surface area contributed by atoms with Crippen molar-refractivity contribution < 1.29 is 49.4 Å². The number of carboxylic acid groups (broad SMARTS) is 4. The van der Waals surface area contributed by atoms with Crippen molar-refractivity contribution in [2.45, 2.75) is 13.2 Å². The van der Waals surface area contributed by atoms with Crippen LogP contribution in [-0.4, -0.2) is 86.8 Å². The largest absolute Gasteiger partial charge is 0.478 e. The minimum absolute atomic E-state index is 0.311. The summed E-state index contributed by atoms with van der Waals surface area (Å²) in [6, 6.07) is 1.02. The van der Waals surface area contributed by atoms with Crippen LogP contribution in [-0.2, 0) is 4.74 Å². The van der Waals surface area contributed by atoms with Crippen LogP contribution in [0.3, 0.4) is 0 Å². The first-order chi connectivity index (χ1) is 12.6.